The lowest BCUT2D eigenvalue weighted by Crippen LogP contribution is -2.41. The van der Waals surface area contributed by atoms with Gasteiger partial charge in [0.05, 0.1) is 11.2 Å². The number of thiocarbonyl (C=S) groups is 1. The van der Waals surface area contributed by atoms with Crippen LogP contribution in [0.4, 0.5) is 4.39 Å². The second-order valence-electron chi connectivity index (χ2n) is 7.42. The highest BCUT2D eigenvalue weighted by atomic mass is 32.2. The second kappa shape index (κ2) is 7.91. The normalized spacial score (nSPS) is 17.7. The average Bonchev–Trinajstić information content (AvgIpc) is 2.83. The van der Waals surface area contributed by atoms with E-state index in [0.717, 1.165) is 11.0 Å². The Labute approximate surface area is 169 Å². The fourth-order valence-electron chi connectivity index (χ4n) is 2.52. The van der Waals surface area contributed by atoms with Crippen molar-refractivity contribution < 1.29 is 18.4 Å². The Kier molecular flexibility index (Phi) is 5.96. The molecule has 0 atom stereocenters. The van der Waals surface area contributed by atoms with Crippen molar-refractivity contribution in [3.05, 3.63) is 59.9 Å². The maximum absolute atomic E-state index is 12.9. The molecule has 1 saturated heterocycles. The van der Waals surface area contributed by atoms with E-state index in [2.05, 4.69) is 0 Å². The minimum Gasteiger partial charge on any atom is -0.440 e. The summed E-state index contributed by atoms with van der Waals surface area (Å²) in [5, 5.41) is 0. The van der Waals surface area contributed by atoms with Gasteiger partial charge in [0.25, 0.3) is 0 Å². The largest absolute Gasteiger partial charge is 0.494 e. The van der Waals surface area contributed by atoms with Gasteiger partial charge in [-0.15, -0.1) is 0 Å². The first-order valence-electron chi connectivity index (χ1n) is 8.71. The Balaban J connectivity index is 1.54. The van der Waals surface area contributed by atoms with E-state index in [4.69, 9.17) is 26.3 Å². The molecule has 0 amide bonds. The monoisotopic (exact) mass is 404 g/mol. The van der Waals surface area contributed by atoms with Crippen LogP contribution in [0.1, 0.15) is 33.3 Å². The van der Waals surface area contributed by atoms with Crippen LogP contribution in [-0.2, 0) is 15.1 Å². The number of rotatable bonds is 4. The predicted octanol–water partition coefficient (Wildman–Crippen LogP) is 4.72. The summed E-state index contributed by atoms with van der Waals surface area (Å²) in [6.07, 6.45) is 0. The maximum Gasteiger partial charge on any atom is 0.494 e. The minimum absolute atomic E-state index is 0.303. The molecule has 0 bridgehead atoms. The lowest BCUT2D eigenvalue weighted by Gasteiger charge is -2.32. The summed E-state index contributed by atoms with van der Waals surface area (Å²) >= 11 is 6.66. The van der Waals surface area contributed by atoms with Gasteiger partial charge in [-0.3, -0.25) is 0 Å². The lowest BCUT2D eigenvalue weighted by atomic mass is 9.79. The molecule has 0 aliphatic carbocycles. The Morgan fingerprint density at radius 1 is 1.00 bits per heavy atom. The molecule has 0 saturated carbocycles. The summed E-state index contributed by atoms with van der Waals surface area (Å²) < 4.78 is 31.0. The molecule has 0 aromatic heterocycles. The second-order valence-corrected chi connectivity index (χ2v) is 9.00. The van der Waals surface area contributed by atoms with E-state index in [9.17, 15) is 4.39 Å². The van der Waals surface area contributed by atoms with Gasteiger partial charge < -0.3 is 14.0 Å². The molecule has 1 heterocycles. The number of benzene rings is 2. The molecule has 142 valence electrons. The summed E-state index contributed by atoms with van der Waals surface area (Å²) in [6, 6.07) is 13.9. The van der Waals surface area contributed by atoms with Gasteiger partial charge in [-0.1, -0.05) is 36.0 Å². The molecule has 27 heavy (non-hydrogen) atoms. The van der Waals surface area contributed by atoms with Crippen LogP contribution in [0, 0.1) is 5.82 Å². The Morgan fingerprint density at radius 2 is 1.56 bits per heavy atom. The number of hydrogen-bond acceptors (Lipinski definition) is 5. The van der Waals surface area contributed by atoms with Crippen LogP contribution in [0.3, 0.4) is 0 Å². The first-order chi connectivity index (χ1) is 12.7. The van der Waals surface area contributed by atoms with Crippen molar-refractivity contribution in [2.45, 2.75) is 44.6 Å². The summed E-state index contributed by atoms with van der Waals surface area (Å²) in [4.78, 5) is 0. The van der Waals surface area contributed by atoms with Crippen LogP contribution in [-0.4, -0.2) is 22.7 Å². The third-order valence-corrected chi connectivity index (χ3v) is 6.11. The van der Waals surface area contributed by atoms with Crippen molar-refractivity contribution in [2.24, 2.45) is 0 Å². The van der Waals surface area contributed by atoms with Crippen LogP contribution in [0.15, 0.2) is 48.5 Å². The molecule has 0 N–H and O–H groups in total. The fraction of sp³-hybridized carbons (Fsp3) is 0.350. The predicted molar refractivity (Wildman–Crippen MR) is 113 cm³/mol. The van der Waals surface area contributed by atoms with Crippen molar-refractivity contribution in [3.8, 4) is 5.75 Å². The topological polar surface area (TPSA) is 27.7 Å². The van der Waals surface area contributed by atoms with E-state index in [1.807, 2.05) is 52.0 Å². The van der Waals surface area contributed by atoms with E-state index in [1.165, 1.54) is 23.9 Å². The molecular formula is C20H22BFO3S2. The van der Waals surface area contributed by atoms with Crippen LogP contribution in [0.25, 0.3) is 0 Å². The zero-order valence-electron chi connectivity index (χ0n) is 15.8. The third kappa shape index (κ3) is 4.91. The zero-order valence-corrected chi connectivity index (χ0v) is 17.5. The van der Waals surface area contributed by atoms with Crippen molar-refractivity contribution in [3.63, 3.8) is 0 Å². The molecule has 3 nitrogen and oxygen atoms in total. The van der Waals surface area contributed by atoms with Crippen molar-refractivity contribution >= 4 is 40.9 Å². The summed E-state index contributed by atoms with van der Waals surface area (Å²) in [5.74, 6) is 0.914. The van der Waals surface area contributed by atoms with Gasteiger partial charge in [0.2, 0.25) is 4.38 Å². The average molecular weight is 404 g/mol. The van der Waals surface area contributed by atoms with Gasteiger partial charge in [0.15, 0.2) is 0 Å². The molecular weight excluding hydrogens is 382 g/mol. The molecule has 0 unspecified atom stereocenters. The summed E-state index contributed by atoms with van der Waals surface area (Å²) in [6.45, 7) is 8.17. The number of ether oxygens (including phenoxy) is 1. The molecule has 0 spiro atoms. The van der Waals surface area contributed by atoms with Crippen molar-refractivity contribution in [2.75, 3.05) is 0 Å². The summed E-state index contributed by atoms with van der Waals surface area (Å²) in [5.41, 5.74) is 1.41. The molecule has 3 rings (SSSR count). The number of hydrogen-bond donors (Lipinski definition) is 0. The van der Waals surface area contributed by atoms with Crippen LogP contribution in [0.2, 0.25) is 0 Å². The van der Waals surface area contributed by atoms with Crippen LogP contribution in [0.5, 0.6) is 5.75 Å². The van der Waals surface area contributed by atoms with Crippen LogP contribution >= 0.6 is 24.0 Å². The van der Waals surface area contributed by atoms with Gasteiger partial charge in [-0.05, 0) is 75.2 Å². The Morgan fingerprint density at radius 3 is 2.11 bits per heavy atom. The molecule has 1 aliphatic heterocycles. The first-order valence-corrected chi connectivity index (χ1v) is 10.1. The number of thioether (sulfide) groups is 1. The smallest absolute Gasteiger partial charge is 0.440 e. The Bertz CT molecular complexity index is 791. The molecule has 1 aliphatic rings. The van der Waals surface area contributed by atoms with Crippen LogP contribution < -0.4 is 10.2 Å². The third-order valence-electron chi connectivity index (χ3n) is 4.88. The molecule has 7 heteroatoms. The van der Waals surface area contributed by atoms with Crippen molar-refractivity contribution in [1.82, 2.24) is 0 Å². The summed E-state index contributed by atoms with van der Waals surface area (Å²) in [7, 11) is -0.361. The van der Waals surface area contributed by atoms with E-state index in [0.29, 0.717) is 15.9 Å². The van der Waals surface area contributed by atoms with E-state index in [1.54, 1.807) is 12.1 Å². The van der Waals surface area contributed by atoms with Crippen molar-refractivity contribution in [1.29, 1.82) is 0 Å². The number of halogens is 1. The van der Waals surface area contributed by atoms with Gasteiger partial charge in [0, 0.05) is 5.75 Å². The van der Waals surface area contributed by atoms with E-state index < -0.39 is 0 Å². The highest BCUT2D eigenvalue weighted by Crippen LogP contribution is 2.36. The van der Waals surface area contributed by atoms with E-state index >= 15 is 0 Å². The van der Waals surface area contributed by atoms with Gasteiger partial charge in [-0.25, -0.2) is 4.39 Å². The standard InChI is InChI=1S/C20H22BFO3S2/c1-19(2)20(3,4)25-21(24-19)15-7-5-14(6-8-15)13-27-18(26)23-17-11-9-16(22)10-12-17/h5-12H,13H2,1-4H3. The van der Waals surface area contributed by atoms with Gasteiger partial charge in [0.1, 0.15) is 11.6 Å². The highest BCUT2D eigenvalue weighted by Gasteiger charge is 2.51. The minimum atomic E-state index is -0.361. The quantitative estimate of drug-likeness (QED) is 0.543. The highest BCUT2D eigenvalue weighted by molar-refractivity contribution is 8.22. The first kappa shape index (κ1) is 20.3. The molecule has 1 fully saturated rings. The van der Waals surface area contributed by atoms with E-state index in [-0.39, 0.29) is 24.1 Å². The SMILES string of the molecule is CC1(C)OB(c2ccc(CSC(=S)Oc3ccc(F)cc3)cc2)OC1(C)C. The van der Waals surface area contributed by atoms with Gasteiger partial charge in [-0.2, -0.15) is 0 Å². The van der Waals surface area contributed by atoms with Gasteiger partial charge >= 0.3 is 7.12 Å². The Hall–Kier alpha value is -1.41. The fourth-order valence-corrected chi connectivity index (χ4v) is 3.43. The molecule has 0 radical (unpaired) electrons. The molecule has 2 aromatic rings. The maximum atomic E-state index is 12.9. The lowest BCUT2D eigenvalue weighted by molar-refractivity contribution is 0.00578. The molecule has 2 aromatic carbocycles. The zero-order chi connectivity index (χ0) is 19.7.